The van der Waals surface area contributed by atoms with Gasteiger partial charge in [0.2, 0.25) is 0 Å². The molecule has 0 radical (unpaired) electrons. The number of hydrogen-bond donors (Lipinski definition) is 1. The Kier molecular flexibility index (Phi) is 4.67. The first-order chi connectivity index (χ1) is 9.86. The third-order valence-corrected chi connectivity index (χ3v) is 3.08. The lowest BCUT2D eigenvalue weighted by molar-refractivity contribution is -0.137. The second-order valence-electron chi connectivity index (χ2n) is 4.36. The Hall–Kier alpha value is -1.82. The molecule has 0 spiro atoms. The minimum Gasteiger partial charge on any atom is -0.369 e. The summed E-state index contributed by atoms with van der Waals surface area (Å²) in [5, 5.41) is 2.76. The smallest absolute Gasteiger partial charge is 0.369 e. The molecule has 2 aromatic rings. The van der Waals surface area contributed by atoms with Gasteiger partial charge in [-0.25, -0.2) is 9.37 Å². The van der Waals surface area contributed by atoms with Gasteiger partial charge in [0.15, 0.2) is 0 Å². The number of nitrogens with zero attached hydrogens (tertiary/aromatic N) is 1. The molecule has 0 saturated heterocycles. The number of benzene rings is 1. The molecule has 112 valence electrons. The SMILES string of the molecule is Fc1ccc(CCNc2ncc(C(F)(F)F)cc2Cl)cc1. The van der Waals surface area contributed by atoms with Crippen LogP contribution in [0, 0.1) is 5.82 Å². The van der Waals surface area contributed by atoms with Crippen LogP contribution < -0.4 is 5.32 Å². The molecule has 2 rings (SSSR count). The average Bonchev–Trinajstić information content (AvgIpc) is 2.41. The van der Waals surface area contributed by atoms with E-state index in [1.165, 1.54) is 12.1 Å². The van der Waals surface area contributed by atoms with E-state index in [1.54, 1.807) is 12.1 Å². The van der Waals surface area contributed by atoms with Crippen molar-refractivity contribution < 1.29 is 17.6 Å². The Labute approximate surface area is 123 Å². The summed E-state index contributed by atoms with van der Waals surface area (Å²) in [6, 6.07) is 6.80. The van der Waals surface area contributed by atoms with Gasteiger partial charge in [-0.15, -0.1) is 0 Å². The van der Waals surface area contributed by atoms with Gasteiger partial charge in [-0.2, -0.15) is 13.2 Å². The average molecular weight is 319 g/mol. The summed E-state index contributed by atoms with van der Waals surface area (Å²) >= 11 is 5.76. The first-order valence-electron chi connectivity index (χ1n) is 6.07. The Morgan fingerprint density at radius 2 is 1.81 bits per heavy atom. The molecule has 0 aliphatic carbocycles. The summed E-state index contributed by atoms with van der Waals surface area (Å²) in [5.74, 6) is -0.133. The van der Waals surface area contributed by atoms with Gasteiger partial charge in [-0.3, -0.25) is 0 Å². The van der Waals surface area contributed by atoms with E-state index < -0.39 is 11.7 Å². The highest BCUT2D eigenvalue weighted by atomic mass is 35.5. The van der Waals surface area contributed by atoms with Gasteiger partial charge in [0, 0.05) is 12.7 Å². The molecular weight excluding hydrogens is 308 g/mol. The summed E-state index contributed by atoms with van der Waals surface area (Å²) in [5.41, 5.74) is 0.00326. The van der Waals surface area contributed by atoms with Crippen LogP contribution in [-0.2, 0) is 12.6 Å². The van der Waals surface area contributed by atoms with E-state index in [-0.39, 0.29) is 16.7 Å². The molecule has 0 unspecified atom stereocenters. The van der Waals surface area contributed by atoms with Crippen LogP contribution in [0.2, 0.25) is 5.02 Å². The summed E-state index contributed by atoms with van der Waals surface area (Å²) in [6.45, 7) is 0.420. The molecule has 0 aliphatic heterocycles. The molecule has 1 aromatic carbocycles. The predicted octanol–water partition coefficient (Wildman–Crippen LogP) is 4.55. The van der Waals surface area contributed by atoms with E-state index in [9.17, 15) is 17.6 Å². The second-order valence-corrected chi connectivity index (χ2v) is 4.76. The third kappa shape index (κ3) is 4.32. The summed E-state index contributed by atoms with van der Waals surface area (Å²) < 4.78 is 50.1. The van der Waals surface area contributed by atoms with Crippen molar-refractivity contribution in [2.24, 2.45) is 0 Å². The number of halogens is 5. The number of anilines is 1. The van der Waals surface area contributed by atoms with Crippen molar-refractivity contribution >= 4 is 17.4 Å². The lowest BCUT2D eigenvalue weighted by Crippen LogP contribution is -2.10. The maximum Gasteiger partial charge on any atom is 0.417 e. The number of aromatic nitrogens is 1. The number of alkyl halides is 3. The van der Waals surface area contributed by atoms with Crippen LogP contribution in [0.1, 0.15) is 11.1 Å². The van der Waals surface area contributed by atoms with E-state index in [4.69, 9.17) is 11.6 Å². The molecule has 1 heterocycles. The van der Waals surface area contributed by atoms with Crippen molar-refractivity contribution in [3.63, 3.8) is 0 Å². The highest BCUT2D eigenvalue weighted by Crippen LogP contribution is 2.32. The van der Waals surface area contributed by atoms with Crippen molar-refractivity contribution in [3.05, 3.63) is 58.5 Å². The van der Waals surface area contributed by atoms with E-state index in [2.05, 4.69) is 10.3 Å². The summed E-state index contributed by atoms with van der Waals surface area (Å²) in [6.07, 6.45) is -3.17. The maximum absolute atomic E-state index is 12.7. The van der Waals surface area contributed by atoms with Gasteiger partial charge < -0.3 is 5.32 Å². The van der Waals surface area contributed by atoms with E-state index >= 15 is 0 Å². The fourth-order valence-electron chi connectivity index (χ4n) is 1.70. The van der Waals surface area contributed by atoms with E-state index in [0.717, 1.165) is 17.8 Å². The molecule has 0 saturated carbocycles. The molecule has 1 N–H and O–H groups in total. The van der Waals surface area contributed by atoms with Crippen molar-refractivity contribution in [2.45, 2.75) is 12.6 Å². The molecule has 1 aromatic heterocycles. The first kappa shape index (κ1) is 15.6. The van der Waals surface area contributed by atoms with Crippen molar-refractivity contribution in [2.75, 3.05) is 11.9 Å². The van der Waals surface area contributed by atoms with Crippen LogP contribution in [0.5, 0.6) is 0 Å². The topological polar surface area (TPSA) is 24.9 Å². The lowest BCUT2D eigenvalue weighted by Gasteiger charge is -2.10. The number of pyridine rings is 1. The number of nitrogens with one attached hydrogen (secondary N) is 1. The first-order valence-corrected chi connectivity index (χ1v) is 6.45. The van der Waals surface area contributed by atoms with Crippen LogP contribution >= 0.6 is 11.6 Å². The highest BCUT2D eigenvalue weighted by Gasteiger charge is 2.31. The van der Waals surface area contributed by atoms with Gasteiger partial charge in [-0.1, -0.05) is 23.7 Å². The fourth-order valence-corrected chi connectivity index (χ4v) is 1.93. The molecule has 21 heavy (non-hydrogen) atoms. The Morgan fingerprint density at radius 1 is 1.14 bits per heavy atom. The molecule has 0 amide bonds. The summed E-state index contributed by atoms with van der Waals surface area (Å²) in [4.78, 5) is 3.67. The third-order valence-electron chi connectivity index (χ3n) is 2.79. The predicted molar refractivity (Wildman–Crippen MR) is 72.8 cm³/mol. The maximum atomic E-state index is 12.7. The standard InChI is InChI=1S/C14H11ClF4N2/c15-12-7-10(14(17,18)19)8-21-13(12)20-6-5-9-1-3-11(16)4-2-9/h1-4,7-8H,5-6H2,(H,20,21). The zero-order valence-electron chi connectivity index (χ0n) is 10.7. The zero-order valence-corrected chi connectivity index (χ0v) is 11.5. The van der Waals surface area contributed by atoms with Crippen LogP contribution in [0.25, 0.3) is 0 Å². The molecule has 0 aliphatic rings. The van der Waals surface area contributed by atoms with Gasteiger partial charge in [-0.05, 0) is 30.2 Å². The van der Waals surface area contributed by atoms with Gasteiger partial charge in [0.1, 0.15) is 11.6 Å². The molecule has 2 nitrogen and oxygen atoms in total. The molecule has 0 atom stereocenters. The number of rotatable bonds is 4. The van der Waals surface area contributed by atoms with E-state index in [1.807, 2.05) is 0 Å². The quantitative estimate of drug-likeness (QED) is 0.837. The summed E-state index contributed by atoms with van der Waals surface area (Å²) in [7, 11) is 0. The van der Waals surface area contributed by atoms with Crippen LogP contribution in [0.15, 0.2) is 36.5 Å². The van der Waals surface area contributed by atoms with Gasteiger partial charge >= 0.3 is 6.18 Å². The normalized spacial score (nSPS) is 11.5. The Balaban J connectivity index is 1.96. The minimum absolute atomic E-state index is 0.0936. The van der Waals surface area contributed by atoms with Gasteiger partial charge in [0.25, 0.3) is 0 Å². The second kappa shape index (κ2) is 6.30. The minimum atomic E-state index is -4.47. The van der Waals surface area contributed by atoms with Gasteiger partial charge in [0.05, 0.1) is 10.6 Å². The fraction of sp³-hybridized carbons (Fsp3) is 0.214. The number of hydrogen-bond acceptors (Lipinski definition) is 2. The molecule has 0 fully saturated rings. The monoisotopic (exact) mass is 318 g/mol. The van der Waals surface area contributed by atoms with Crippen LogP contribution in [0.4, 0.5) is 23.4 Å². The molecule has 7 heteroatoms. The van der Waals surface area contributed by atoms with Crippen LogP contribution in [0.3, 0.4) is 0 Å². The lowest BCUT2D eigenvalue weighted by atomic mass is 10.1. The van der Waals surface area contributed by atoms with Crippen LogP contribution in [-0.4, -0.2) is 11.5 Å². The van der Waals surface area contributed by atoms with Crippen molar-refractivity contribution in [1.29, 1.82) is 0 Å². The zero-order chi connectivity index (χ0) is 15.5. The Bertz CT molecular complexity index is 611. The molecular formula is C14H11ClF4N2. The van der Waals surface area contributed by atoms with Crippen molar-refractivity contribution in [1.82, 2.24) is 4.98 Å². The van der Waals surface area contributed by atoms with Crippen molar-refractivity contribution in [3.8, 4) is 0 Å². The molecule has 0 bridgehead atoms. The highest BCUT2D eigenvalue weighted by molar-refractivity contribution is 6.32. The largest absolute Gasteiger partial charge is 0.417 e. The Morgan fingerprint density at radius 3 is 2.38 bits per heavy atom. The van der Waals surface area contributed by atoms with E-state index in [0.29, 0.717) is 13.0 Å².